The fraction of sp³-hybridized carbons (Fsp3) is 0.0426. The van der Waals surface area contributed by atoms with Crippen LogP contribution in [0.3, 0.4) is 0 Å². The Labute approximate surface area is 301 Å². The molecule has 5 nitrogen and oxygen atoms in total. The first-order valence-electron chi connectivity index (χ1n) is 17.6. The number of benzene rings is 7. The average Bonchev–Trinajstić information content (AvgIpc) is 3.70. The second-order valence-corrected chi connectivity index (χ2v) is 13.5. The van der Waals surface area contributed by atoms with E-state index in [9.17, 15) is 0 Å². The van der Waals surface area contributed by atoms with Gasteiger partial charge >= 0.3 is 0 Å². The van der Waals surface area contributed by atoms with Crippen molar-refractivity contribution in [2.75, 3.05) is 0 Å². The van der Waals surface area contributed by atoms with Gasteiger partial charge in [-0.2, -0.15) is 9.97 Å². The van der Waals surface area contributed by atoms with Crippen molar-refractivity contribution in [2.45, 2.75) is 13.8 Å². The van der Waals surface area contributed by atoms with Crippen LogP contribution < -0.4 is 0 Å². The molecule has 0 amide bonds. The standard InChI is InChI=1S/C47H33N5/c1-30-25-31(2)27-36(26-30)51-41-19-11-10-18-38(41)40-28-34(22-24-43(40)51)35-21-23-39-37-17-9-12-20-42(37)52(44(39)29-35)47-49-45(32-13-5-3-6-14-32)48-46(50-47)33-15-7-4-8-16-33/h3-29H,1-2H3. The summed E-state index contributed by atoms with van der Waals surface area (Å²) in [7, 11) is 0. The van der Waals surface area contributed by atoms with Gasteiger partial charge in [0.15, 0.2) is 11.6 Å². The smallest absolute Gasteiger partial charge is 0.238 e. The molecule has 246 valence electrons. The van der Waals surface area contributed by atoms with Crippen LogP contribution in [0.25, 0.3) is 89.2 Å². The van der Waals surface area contributed by atoms with E-state index in [-0.39, 0.29) is 0 Å². The van der Waals surface area contributed by atoms with Crippen molar-refractivity contribution >= 4 is 43.6 Å². The minimum Gasteiger partial charge on any atom is -0.309 e. The molecule has 0 N–H and O–H groups in total. The van der Waals surface area contributed by atoms with E-state index in [1.165, 1.54) is 38.6 Å². The summed E-state index contributed by atoms with van der Waals surface area (Å²) in [4.78, 5) is 15.2. The maximum Gasteiger partial charge on any atom is 0.238 e. The fourth-order valence-electron chi connectivity index (χ4n) is 7.77. The summed E-state index contributed by atoms with van der Waals surface area (Å²) in [5.74, 6) is 1.86. The van der Waals surface area contributed by atoms with Gasteiger partial charge in [0.1, 0.15) is 0 Å². The number of nitrogens with zero attached hydrogens (tertiary/aromatic N) is 5. The third-order valence-electron chi connectivity index (χ3n) is 10.0. The first kappa shape index (κ1) is 30.0. The van der Waals surface area contributed by atoms with Crippen LogP contribution >= 0.6 is 0 Å². The third kappa shape index (κ3) is 4.89. The van der Waals surface area contributed by atoms with Crippen molar-refractivity contribution in [1.29, 1.82) is 0 Å². The second kappa shape index (κ2) is 11.9. The molecule has 0 bridgehead atoms. The lowest BCUT2D eigenvalue weighted by Gasteiger charge is -2.12. The van der Waals surface area contributed by atoms with E-state index in [1.54, 1.807) is 0 Å². The second-order valence-electron chi connectivity index (χ2n) is 13.5. The van der Waals surface area contributed by atoms with Crippen molar-refractivity contribution < 1.29 is 0 Å². The Morgan fingerprint density at radius 1 is 0.346 bits per heavy atom. The molecule has 0 spiro atoms. The van der Waals surface area contributed by atoms with E-state index < -0.39 is 0 Å². The van der Waals surface area contributed by atoms with Crippen LogP contribution in [0.15, 0.2) is 164 Å². The summed E-state index contributed by atoms with van der Waals surface area (Å²) in [5.41, 5.74) is 12.3. The van der Waals surface area contributed by atoms with Crippen LogP contribution in [-0.2, 0) is 0 Å². The van der Waals surface area contributed by atoms with E-state index >= 15 is 0 Å². The Bertz CT molecular complexity index is 2900. The van der Waals surface area contributed by atoms with Crippen LogP contribution in [0.1, 0.15) is 11.1 Å². The first-order chi connectivity index (χ1) is 25.6. The lowest BCUT2D eigenvalue weighted by Crippen LogP contribution is -2.06. The SMILES string of the molecule is Cc1cc(C)cc(-n2c3ccccc3c3cc(-c4ccc5c6ccccc6n(-c6nc(-c7ccccc7)nc(-c7ccccc7)n6)c5c4)ccc32)c1. The molecule has 5 heteroatoms. The normalized spacial score (nSPS) is 11.7. The molecule has 0 atom stereocenters. The number of hydrogen-bond acceptors (Lipinski definition) is 3. The summed E-state index contributed by atoms with van der Waals surface area (Å²) >= 11 is 0. The van der Waals surface area contributed by atoms with E-state index in [4.69, 9.17) is 15.0 Å². The molecule has 3 heterocycles. The molecular weight excluding hydrogens is 635 g/mol. The lowest BCUT2D eigenvalue weighted by molar-refractivity contribution is 0.953. The topological polar surface area (TPSA) is 48.5 Å². The molecule has 0 unspecified atom stereocenters. The largest absolute Gasteiger partial charge is 0.309 e. The Morgan fingerprint density at radius 2 is 0.846 bits per heavy atom. The number of aromatic nitrogens is 5. The summed E-state index contributed by atoms with van der Waals surface area (Å²) in [6.45, 7) is 4.33. The molecule has 3 aromatic heterocycles. The van der Waals surface area contributed by atoms with Gasteiger partial charge in [-0.15, -0.1) is 0 Å². The summed E-state index contributed by atoms with van der Waals surface area (Å²) < 4.78 is 4.59. The lowest BCUT2D eigenvalue weighted by atomic mass is 10.0. The highest BCUT2D eigenvalue weighted by Gasteiger charge is 2.19. The maximum atomic E-state index is 5.13. The molecule has 52 heavy (non-hydrogen) atoms. The van der Waals surface area contributed by atoms with Crippen molar-refractivity contribution in [3.63, 3.8) is 0 Å². The van der Waals surface area contributed by atoms with Crippen molar-refractivity contribution in [1.82, 2.24) is 24.1 Å². The highest BCUT2D eigenvalue weighted by Crippen LogP contribution is 2.38. The zero-order valence-electron chi connectivity index (χ0n) is 28.8. The molecule has 0 aliphatic heterocycles. The van der Waals surface area contributed by atoms with Gasteiger partial charge in [-0.3, -0.25) is 4.57 Å². The first-order valence-corrected chi connectivity index (χ1v) is 17.6. The number of hydrogen-bond donors (Lipinski definition) is 0. The number of fused-ring (bicyclic) bond motifs is 6. The van der Waals surface area contributed by atoms with Crippen molar-refractivity contribution in [3.05, 3.63) is 175 Å². The molecular formula is C47H33N5. The van der Waals surface area contributed by atoms with Gasteiger partial charge in [-0.25, -0.2) is 4.98 Å². The quantitative estimate of drug-likeness (QED) is 0.184. The number of para-hydroxylation sites is 2. The molecule has 0 aliphatic rings. The average molecular weight is 668 g/mol. The summed E-state index contributed by atoms with van der Waals surface area (Å²) in [6, 6.07) is 57.9. The highest BCUT2D eigenvalue weighted by atomic mass is 15.2. The Kier molecular flexibility index (Phi) is 6.86. The van der Waals surface area contributed by atoms with Gasteiger partial charge in [0.25, 0.3) is 0 Å². The van der Waals surface area contributed by atoms with Gasteiger partial charge in [-0.05, 0) is 78.6 Å². The molecule has 10 rings (SSSR count). The predicted molar refractivity (Wildman–Crippen MR) is 214 cm³/mol. The van der Waals surface area contributed by atoms with Gasteiger partial charge in [0.05, 0.1) is 22.1 Å². The van der Waals surface area contributed by atoms with Gasteiger partial charge in [-0.1, -0.05) is 121 Å². The molecule has 0 aliphatic carbocycles. The fourth-order valence-corrected chi connectivity index (χ4v) is 7.77. The van der Waals surface area contributed by atoms with Crippen molar-refractivity contribution in [3.8, 4) is 45.5 Å². The summed E-state index contributed by atoms with van der Waals surface area (Å²) in [5, 5.41) is 4.76. The minimum absolute atomic E-state index is 0.586. The third-order valence-corrected chi connectivity index (χ3v) is 10.0. The van der Waals surface area contributed by atoms with Gasteiger partial charge in [0.2, 0.25) is 5.95 Å². The molecule has 0 saturated heterocycles. The molecule has 0 fully saturated rings. The summed E-state index contributed by atoms with van der Waals surface area (Å²) in [6.07, 6.45) is 0. The van der Waals surface area contributed by atoms with Crippen LogP contribution in [0.4, 0.5) is 0 Å². The van der Waals surface area contributed by atoms with E-state index in [0.29, 0.717) is 17.6 Å². The van der Waals surface area contributed by atoms with Crippen LogP contribution in [0.5, 0.6) is 0 Å². The predicted octanol–water partition coefficient (Wildman–Crippen LogP) is 11.7. The van der Waals surface area contributed by atoms with E-state index in [1.807, 2.05) is 60.7 Å². The van der Waals surface area contributed by atoms with Gasteiger partial charge in [0, 0.05) is 38.4 Å². The van der Waals surface area contributed by atoms with E-state index in [0.717, 1.165) is 44.1 Å². The Morgan fingerprint density at radius 3 is 1.50 bits per heavy atom. The zero-order valence-corrected chi connectivity index (χ0v) is 28.8. The Hall–Kier alpha value is -6.85. The number of aryl methyl sites for hydroxylation is 2. The monoisotopic (exact) mass is 667 g/mol. The zero-order chi connectivity index (χ0) is 34.8. The molecule has 0 radical (unpaired) electrons. The minimum atomic E-state index is 0.586. The number of rotatable bonds is 5. The maximum absolute atomic E-state index is 5.13. The van der Waals surface area contributed by atoms with Crippen molar-refractivity contribution in [2.24, 2.45) is 0 Å². The molecule has 0 saturated carbocycles. The molecule has 7 aromatic carbocycles. The van der Waals surface area contributed by atoms with Crippen LogP contribution in [0.2, 0.25) is 0 Å². The van der Waals surface area contributed by atoms with Crippen LogP contribution in [0, 0.1) is 13.8 Å². The molecule has 10 aromatic rings. The van der Waals surface area contributed by atoms with Crippen LogP contribution in [-0.4, -0.2) is 24.1 Å². The highest BCUT2D eigenvalue weighted by molar-refractivity contribution is 6.12. The Balaban J connectivity index is 1.20. The van der Waals surface area contributed by atoms with Gasteiger partial charge < -0.3 is 4.57 Å². The van der Waals surface area contributed by atoms with E-state index in [2.05, 4.69) is 126 Å².